The fraction of sp³-hybridized carbons (Fsp3) is 0.714. The van der Waals surface area contributed by atoms with Crippen LogP contribution >= 0.6 is 11.8 Å². The molecule has 1 atom stereocenters. The van der Waals surface area contributed by atoms with E-state index < -0.39 is 0 Å². The number of nitrogens with one attached hydrogen (secondary N) is 1. The summed E-state index contributed by atoms with van der Waals surface area (Å²) in [6.07, 6.45) is 1.12. The van der Waals surface area contributed by atoms with Crippen LogP contribution in [0.25, 0.3) is 0 Å². The van der Waals surface area contributed by atoms with E-state index in [0.717, 1.165) is 43.4 Å². The van der Waals surface area contributed by atoms with Crippen LogP contribution in [-0.2, 0) is 17.7 Å². The summed E-state index contributed by atoms with van der Waals surface area (Å²) in [5, 5.41) is 3.40. The van der Waals surface area contributed by atoms with Crippen LogP contribution in [0.15, 0.2) is 0 Å². The van der Waals surface area contributed by atoms with Gasteiger partial charge < -0.3 is 10.1 Å². The van der Waals surface area contributed by atoms with E-state index in [4.69, 9.17) is 14.7 Å². The van der Waals surface area contributed by atoms with Gasteiger partial charge in [-0.3, -0.25) is 0 Å². The van der Waals surface area contributed by atoms with Crippen molar-refractivity contribution < 1.29 is 4.74 Å². The van der Waals surface area contributed by atoms with E-state index in [-0.39, 0.29) is 6.10 Å². The first-order chi connectivity index (χ1) is 9.25. The summed E-state index contributed by atoms with van der Waals surface area (Å²) in [7, 11) is 0. The van der Waals surface area contributed by atoms with Crippen LogP contribution in [-0.4, -0.2) is 34.6 Å². The molecular weight excluding hydrogens is 258 g/mol. The van der Waals surface area contributed by atoms with Crippen molar-refractivity contribution in [2.75, 3.05) is 24.7 Å². The van der Waals surface area contributed by atoms with Crippen molar-refractivity contribution in [1.29, 1.82) is 0 Å². The maximum Gasteiger partial charge on any atom is 0.158 e. The number of thioether (sulfide) groups is 1. The second-order valence-corrected chi connectivity index (χ2v) is 6.56. The zero-order valence-electron chi connectivity index (χ0n) is 11.6. The predicted octanol–water partition coefficient (Wildman–Crippen LogP) is 2.05. The summed E-state index contributed by atoms with van der Waals surface area (Å²) in [5.74, 6) is 3.40. The number of hydrogen-bond donors (Lipinski definition) is 1. The molecule has 4 nitrogen and oxygen atoms in total. The molecule has 0 aromatic carbocycles. The lowest BCUT2D eigenvalue weighted by molar-refractivity contribution is 0.0689. The Bertz CT molecular complexity index is 458. The van der Waals surface area contributed by atoms with Crippen molar-refractivity contribution in [3.63, 3.8) is 0 Å². The van der Waals surface area contributed by atoms with Gasteiger partial charge in [-0.2, -0.15) is 11.8 Å². The number of nitrogens with zero attached hydrogens (tertiary/aromatic N) is 2. The highest BCUT2D eigenvalue weighted by molar-refractivity contribution is 7.99. The minimum atomic E-state index is 0.0727. The molecule has 0 spiro atoms. The fourth-order valence-electron chi connectivity index (χ4n) is 2.67. The Morgan fingerprint density at radius 3 is 3.00 bits per heavy atom. The molecule has 0 aliphatic carbocycles. The quantitative estimate of drug-likeness (QED) is 0.898. The molecule has 0 saturated carbocycles. The molecule has 1 unspecified atom stereocenters. The van der Waals surface area contributed by atoms with Crippen molar-refractivity contribution in [2.24, 2.45) is 0 Å². The first-order valence-electron chi connectivity index (χ1n) is 7.05. The fourth-order valence-corrected chi connectivity index (χ4v) is 3.51. The van der Waals surface area contributed by atoms with Crippen LogP contribution in [0.3, 0.4) is 0 Å². The van der Waals surface area contributed by atoms with Crippen LogP contribution in [0.2, 0.25) is 0 Å². The smallest absolute Gasteiger partial charge is 0.158 e. The molecule has 1 fully saturated rings. The number of rotatable bonds is 2. The van der Waals surface area contributed by atoms with Crippen LogP contribution in [0.4, 0.5) is 0 Å². The highest BCUT2D eigenvalue weighted by Gasteiger charge is 2.24. The van der Waals surface area contributed by atoms with Gasteiger partial charge in [-0.25, -0.2) is 9.97 Å². The largest absolute Gasteiger partial charge is 0.368 e. The van der Waals surface area contributed by atoms with Crippen molar-refractivity contribution in [3.8, 4) is 0 Å². The molecule has 2 aliphatic rings. The average Bonchev–Trinajstić information content (AvgIpc) is 2.47. The first-order valence-corrected chi connectivity index (χ1v) is 8.21. The Morgan fingerprint density at radius 2 is 2.26 bits per heavy atom. The molecule has 19 heavy (non-hydrogen) atoms. The predicted molar refractivity (Wildman–Crippen MR) is 77.5 cm³/mol. The molecular formula is C14H21N3OS. The molecule has 3 heterocycles. The van der Waals surface area contributed by atoms with Crippen LogP contribution in [0.5, 0.6) is 0 Å². The Hall–Kier alpha value is -0.650. The van der Waals surface area contributed by atoms with E-state index in [2.05, 4.69) is 19.2 Å². The zero-order valence-corrected chi connectivity index (χ0v) is 12.4. The standard InChI is InChI=1S/C14H21N3OS/c1-9(2)13-10-3-4-15-7-11(10)16-14(17-13)12-8-19-6-5-18-12/h9,12,15H,3-8H2,1-2H3. The topological polar surface area (TPSA) is 47.0 Å². The monoisotopic (exact) mass is 279 g/mol. The summed E-state index contributed by atoms with van der Waals surface area (Å²) in [5.41, 5.74) is 3.76. The second-order valence-electron chi connectivity index (χ2n) is 5.41. The van der Waals surface area contributed by atoms with E-state index in [9.17, 15) is 0 Å². The van der Waals surface area contributed by atoms with Crippen molar-refractivity contribution in [3.05, 3.63) is 22.8 Å². The first kappa shape index (κ1) is 13.3. The van der Waals surface area contributed by atoms with Gasteiger partial charge in [0.05, 0.1) is 18.0 Å². The van der Waals surface area contributed by atoms with E-state index >= 15 is 0 Å². The van der Waals surface area contributed by atoms with Crippen LogP contribution < -0.4 is 5.32 Å². The highest BCUT2D eigenvalue weighted by Crippen LogP contribution is 2.28. The molecule has 0 bridgehead atoms. The summed E-state index contributed by atoms with van der Waals surface area (Å²) in [6, 6.07) is 0. The van der Waals surface area contributed by atoms with Crippen molar-refractivity contribution >= 4 is 11.8 Å². The van der Waals surface area contributed by atoms with Crippen molar-refractivity contribution in [2.45, 2.75) is 38.8 Å². The molecule has 1 saturated heterocycles. The zero-order chi connectivity index (χ0) is 13.2. The van der Waals surface area contributed by atoms with Gasteiger partial charge in [-0.15, -0.1) is 0 Å². The number of fused-ring (bicyclic) bond motifs is 1. The number of aromatic nitrogens is 2. The Labute approximate surface area is 118 Å². The van der Waals surface area contributed by atoms with Crippen LogP contribution in [0, 0.1) is 0 Å². The van der Waals surface area contributed by atoms with Gasteiger partial charge in [0.1, 0.15) is 6.10 Å². The lowest BCUT2D eigenvalue weighted by Crippen LogP contribution is -2.29. The van der Waals surface area contributed by atoms with E-state index in [1.165, 1.54) is 17.0 Å². The van der Waals surface area contributed by atoms with Gasteiger partial charge in [-0.1, -0.05) is 13.8 Å². The third-order valence-corrected chi connectivity index (χ3v) is 4.63. The lowest BCUT2D eigenvalue weighted by atomic mass is 9.97. The number of hydrogen-bond acceptors (Lipinski definition) is 5. The molecule has 1 aromatic heterocycles. The van der Waals surface area contributed by atoms with Gasteiger partial charge in [0.25, 0.3) is 0 Å². The van der Waals surface area contributed by atoms with Crippen LogP contribution in [0.1, 0.15) is 48.6 Å². The number of ether oxygens (including phenoxy) is 1. The summed E-state index contributed by atoms with van der Waals surface area (Å²) < 4.78 is 5.82. The maximum absolute atomic E-state index is 5.82. The molecule has 1 aromatic rings. The highest BCUT2D eigenvalue weighted by atomic mass is 32.2. The van der Waals surface area contributed by atoms with Gasteiger partial charge in [-0.05, 0) is 24.4 Å². The Morgan fingerprint density at radius 1 is 1.37 bits per heavy atom. The minimum absolute atomic E-state index is 0.0727. The average molecular weight is 279 g/mol. The SMILES string of the molecule is CC(C)c1nc(C2CSCCO2)nc2c1CCNC2. The molecule has 104 valence electrons. The van der Waals surface area contributed by atoms with Crippen molar-refractivity contribution in [1.82, 2.24) is 15.3 Å². The third-order valence-electron chi connectivity index (χ3n) is 3.64. The normalized spacial score (nSPS) is 23.4. The van der Waals surface area contributed by atoms with E-state index in [0.29, 0.717) is 5.92 Å². The second kappa shape index (κ2) is 5.77. The van der Waals surface area contributed by atoms with E-state index in [1.807, 2.05) is 11.8 Å². The molecule has 0 radical (unpaired) electrons. The van der Waals surface area contributed by atoms with Gasteiger partial charge in [0.15, 0.2) is 5.82 Å². The minimum Gasteiger partial charge on any atom is -0.368 e. The molecule has 5 heteroatoms. The maximum atomic E-state index is 5.82. The molecule has 0 amide bonds. The summed E-state index contributed by atoms with van der Waals surface area (Å²) in [4.78, 5) is 9.60. The van der Waals surface area contributed by atoms with Gasteiger partial charge >= 0.3 is 0 Å². The lowest BCUT2D eigenvalue weighted by Gasteiger charge is -2.26. The summed E-state index contributed by atoms with van der Waals surface area (Å²) >= 11 is 1.93. The summed E-state index contributed by atoms with van der Waals surface area (Å²) in [6.45, 7) is 7.14. The Balaban J connectivity index is 1.98. The third kappa shape index (κ3) is 2.78. The Kier molecular flexibility index (Phi) is 4.05. The van der Waals surface area contributed by atoms with Gasteiger partial charge in [0, 0.05) is 18.1 Å². The van der Waals surface area contributed by atoms with Gasteiger partial charge in [0.2, 0.25) is 0 Å². The molecule has 1 N–H and O–H groups in total. The molecule has 3 rings (SSSR count). The molecule has 2 aliphatic heterocycles. The van der Waals surface area contributed by atoms with E-state index in [1.54, 1.807) is 0 Å².